The van der Waals surface area contributed by atoms with Crippen LogP contribution in [0.4, 0.5) is 11.9 Å². The summed E-state index contributed by atoms with van der Waals surface area (Å²) < 4.78 is 5.45. The summed E-state index contributed by atoms with van der Waals surface area (Å²) in [6, 6.07) is 0.944. The Kier molecular flexibility index (Phi) is 4.60. The highest BCUT2D eigenvalue weighted by molar-refractivity contribution is 5.37. The molecular weight excluding hydrogens is 354 g/mol. The maximum absolute atomic E-state index is 5.45. The SMILES string of the molecule is CN(C)c1ncc(CN2C3CCC2c2cnc(N4CCOCC4)nc2C3)cn1. The van der Waals surface area contributed by atoms with Crippen molar-refractivity contribution in [1.29, 1.82) is 0 Å². The van der Waals surface area contributed by atoms with Gasteiger partial charge in [-0.25, -0.2) is 19.9 Å². The molecule has 0 spiro atoms. The van der Waals surface area contributed by atoms with Gasteiger partial charge in [-0.1, -0.05) is 0 Å². The smallest absolute Gasteiger partial charge is 0.225 e. The summed E-state index contributed by atoms with van der Waals surface area (Å²) in [6.45, 7) is 4.15. The van der Waals surface area contributed by atoms with Crippen LogP contribution < -0.4 is 9.80 Å². The Morgan fingerprint density at radius 1 is 1.07 bits per heavy atom. The number of hydrogen-bond donors (Lipinski definition) is 0. The monoisotopic (exact) mass is 381 g/mol. The van der Waals surface area contributed by atoms with Crippen LogP contribution in [0.2, 0.25) is 0 Å². The number of morpholine rings is 1. The van der Waals surface area contributed by atoms with Crippen LogP contribution >= 0.6 is 0 Å². The fourth-order valence-electron chi connectivity index (χ4n) is 4.60. The lowest BCUT2D eigenvalue weighted by molar-refractivity contribution is 0.122. The maximum atomic E-state index is 5.45. The average Bonchev–Trinajstić information content (AvgIpc) is 3.00. The van der Waals surface area contributed by atoms with Gasteiger partial charge < -0.3 is 14.5 Å². The number of rotatable bonds is 4. The molecule has 0 N–H and O–H groups in total. The van der Waals surface area contributed by atoms with E-state index in [1.165, 1.54) is 24.1 Å². The third-order valence-corrected chi connectivity index (χ3v) is 6.07. The first-order valence-corrected chi connectivity index (χ1v) is 10.1. The molecule has 2 aromatic rings. The lowest BCUT2D eigenvalue weighted by Gasteiger charge is -2.36. The molecule has 5 heterocycles. The standard InChI is InChI=1S/C20H27N7O/c1-25(2)19-21-10-14(11-22-19)13-27-15-3-4-18(27)16-12-23-20(24-17(16)9-15)26-5-7-28-8-6-26/h10-12,15,18H,3-9,13H2,1-2H3. The highest BCUT2D eigenvalue weighted by Gasteiger charge is 2.41. The Morgan fingerprint density at radius 2 is 1.86 bits per heavy atom. The van der Waals surface area contributed by atoms with E-state index >= 15 is 0 Å². The van der Waals surface area contributed by atoms with Crippen LogP contribution in [-0.4, -0.2) is 71.3 Å². The molecule has 2 unspecified atom stereocenters. The second-order valence-corrected chi connectivity index (χ2v) is 8.08. The minimum absolute atomic E-state index is 0.404. The lowest BCUT2D eigenvalue weighted by Crippen LogP contribution is -2.40. The molecule has 148 valence electrons. The molecule has 2 saturated heterocycles. The zero-order chi connectivity index (χ0) is 19.1. The van der Waals surface area contributed by atoms with Crippen molar-refractivity contribution >= 4 is 11.9 Å². The number of nitrogens with zero attached hydrogens (tertiary/aromatic N) is 7. The molecule has 2 atom stereocenters. The average molecular weight is 381 g/mol. The van der Waals surface area contributed by atoms with Crippen molar-refractivity contribution in [2.75, 3.05) is 50.2 Å². The second-order valence-electron chi connectivity index (χ2n) is 8.08. The summed E-state index contributed by atoms with van der Waals surface area (Å²) in [7, 11) is 3.92. The Labute approximate surface area is 165 Å². The zero-order valence-electron chi connectivity index (χ0n) is 16.6. The van der Waals surface area contributed by atoms with Crippen LogP contribution in [0.15, 0.2) is 18.6 Å². The van der Waals surface area contributed by atoms with Crippen LogP contribution in [0.5, 0.6) is 0 Å². The summed E-state index contributed by atoms with van der Waals surface area (Å²) in [5.41, 5.74) is 3.70. The van der Waals surface area contributed by atoms with Gasteiger partial charge in [0.1, 0.15) is 0 Å². The molecule has 0 aliphatic carbocycles. The molecule has 5 rings (SSSR count). The molecule has 2 bridgehead atoms. The van der Waals surface area contributed by atoms with Crippen LogP contribution in [0, 0.1) is 0 Å². The van der Waals surface area contributed by atoms with Gasteiger partial charge in [-0.3, -0.25) is 4.90 Å². The molecule has 0 aromatic carbocycles. The molecule has 28 heavy (non-hydrogen) atoms. The largest absolute Gasteiger partial charge is 0.378 e. The maximum Gasteiger partial charge on any atom is 0.225 e. The molecule has 3 aliphatic rings. The quantitative estimate of drug-likeness (QED) is 0.788. The highest BCUT2D eigenvalue weighted by Crippen LogP contribution is 2.43. The van der Waals surface area contributed by atoms with Crippen LogP contribution in [0.1, 0.15) is 35.7 Å². The minimum atomic E-state index is 0.404. The van der Waals surface area contributed by atoms with E-state index in [0.29, 0.717) is 12.1 Å². The first kappa shape index (κ1) is 17.8. The van der Waals surface area contributed by atoms with E-state index in [-0.39, 0.29) is 0 Å². The van der Waals surface area contributed by atoms with Crippen molar-refractivity contribution in [2.24, 2.45) is 0 Å². The third kappa shape index (κ3) is 3.20. The van der Waals surface area contributed by atoms with Crippen molar-refractivity contribution in [1.82, 2.24) is 24.8 Å². The van der Waals surface area contributed by atoms with E-state index < -0.39 is 0 Å². The van der Waals surface area contributed by atoms with Gasteiger partial charge in [0.25, 0.3) is 0 Å². The summed E-state index contributed by atoms with van der Waals surface area (Å²) in [4.78, 5) is 25.4. The minimum Gasteiger partial charge on any atom is -0.378 e. The summed E-state index contributed by atoms with van der Waals surface area (Å²) in [6.07, 6.45) is 9.37. The van der Waals surface area contributed by atoms with Gasteiger partial charge >= 0.3 is 0 Å². The molecule has 0 radical (unpaired) electrons. The number of aromatic nitrogens is 4. The van der Waals surface area contributed by atoms with Gasteiger partial charge in [-0.05, 0) is 12.8 Å². The number of ether oxygens (including phenoxy) is 1. The zero-order valence-corrected chi connectivity index (χ0v) is 16.6. The second kappa shape index (κ2) is 7.25. The summed E-state index contributed by atoms with van der Waals surface area (Å²) in [5, 5.41) is 0. The number of anilines is 2. The van der Waals surface area contributed by atoms with Crippen molar-refractivity contribution in [3.63, 3.8) is 0 Å². The lowest BCUT2D eigenvalue weighted by atomic mass is 9.99. The first-order chi connectivity index (χ1) is 13.7. The fraction of sp³-hybridized carbons (Fsp3) is 0.600. The van der Waals surface area contributed by atoms with Crippen LogP contribution in [-0.2, 0) is 17.7 Å². The van der Waals surface area contributed by atoms with Crippen molar-refractivity contribution in [3.8, 4) is 0 Å². The Hall–Kier alpha value is -2.32. The van der Waals surface area contributed by atoms with Gasteiger partial charge in [0.15, 0.2) is 0 Å². The molecule has 0 amide bonds. The van der Waals surface area contributed by atoms with Gasteiger partial charge in [0.2, 0.25) is 11.9 Å². The normalized spacial score (nSPS) is 24.3. The molecule has 8 heteroatoms. The van der Waals surface area contributed by atoms with E-state index in [2.05, 4.69) is 26.0 Å². The molecule has 2 aromatic heterocycles. The van der Waals surface area contributed by atoms with Gasteiger partial charge in [0.05, 0.1) is 18.9 Å². The molecular formula is C20H27N7O. The topological polar surface area (TPSA) is 70.5 Å². The van der Waals surface area contributed by atoms with Gasteiger partial charge in [-0.2, -0.15) is 0 Å². The Bertz CT molecular complexity index is 835. The Balaban J connectivity index is 1.35. The van der Waals surface area contributed by atoms with Crippen molar-refractivity contribution < 1.29 is 4.74 Å². The molecule has 0 saturated carbocycles. The molecule has 8 nitrogen and oxygen atoms in total. The molecule has 2 fully saturated rings. The highest BCUT2D eigenvalue weighted by atomic mass is 16.5. The van der Waals surface area contributed by atoms with Crippen molar-refractivity contribution in [2.45, 2.75) is 37.9 Å². The predicted octanol–water partition coefficient (Wildman–Crippen LogP) is 1.43. The van der Waals surface area contributed by atoms with Crippen LogP contribution in [0.3, 0.4) is 0 Å². The Morgan fingerprint density at radius 3 is 2.61 bits per heavy atom. The fourth-order valence-corrected chi connectivity index (χ4v) is 4.60. The number of hydrogen-bond acceptors (Lipinski definition) is 8. The predicted molar refractivity (Wildman–Crippen MR) is 106 cm³/mol. The van der Waals surface area contributed by atoms with E-state index in [0.717, 1.165) is 56.7 Å². The van der Waals surface area contributed by atoms with E-state index in [4.69, 9.17) is 14.7 Å². The van der Waals surface area contributed by atoms with E-state index in [1.807, 2.05) is 31.4 Å². The number of fused-ring (bicyclic) bond motifs is 4. The van der Waals surface area contributed by atoms with Gasteiger partial charge in [0, 0.05) is 82.0 Å². The van der Waals surface area contributed by atoms with E-state index in [9.17, 15) is 0 Å². The summed E-state index contributed by atoms with van der Waals surface area (Å²) in [5.74, 6) is 1.61. The van der Waals surface area contributed by atoms with Crippen LogP contribution in [0.25, 0.3) is 0 Å². The molecule has 3 aliphatic heterocycles. The van der Waals surface area contributed by atoms with Crippen molar-refractivity contribution in [3.05, 3.63) is 35.4 Å². The van der Waals surface area contributed by atoms with Gasteiger partial charge in [-0.15, -0.1) is 0 Å². The third-order valence-electron chi connectivity index (χ3n) is 6.07. The van der Waals surface area contributed by atoms with E-state index in [1.54, 1.807) is 0 Å². The summed E-state index contributed by atoms with van der Waals surface area (Å²) >= 11 is 0. The first-order valence-electron chi connectivity index (χ1n) is 10.1.